The molecule has 2 aliphatic heterocycles. The van der Waals surface area contributed by atoms with Gasteiger partial charge in [-0.25, -0.2) is 0 Å². The van der Waals surface area contributed by atoms with Crippen molar-refractivity contribution in [1.29, 1.82) is 0 Å². The molecule has 0 amide bonds. The van der Waals surface area contributed by atoms with E-state index in [0.29, 0.717) is 15.7 Å². The number of nitrogens with one attached hydrogen (secondary N) is 1. The van der Waals surface area contributed by atoms with Crippen LogP contribution in [0.4, 0.5) is 0 Å². The molecular weight excluding hydrogens is 350 g/mol. The number of hydrogen-bond donors (Lipinski definition) is 1. The summed E-state index contributed by atoms with van der Waals surface area (Å²) in [4.78, 5) is 39.2. The fourth-order valence-electron chi connectivity index (χ4n) is 3.44. The molecule has 124 valence electrons. The number of thioether (sulfide) groups is 1. The molecule has 3 heterocycles. The van der Waals surface area contributed by atoms with Crippen LogP contribution in [0.15, 0.2) is 28.0 Å². The molecule has 4 rings (SSSR count). The Hall–Kier alpha value is -2.06. The zero-order valence-electron chi connectivity index (χ0n) is 12.6. The van der Waals surface area contributed by atoms with Gasteiger partial charge in [0.05, 0.1) is 10.4 Å². The summed E-state index contributed by atoms with van der Waals surface area (Å²) in [5.41, 5.74) is 0.451. The van der Waals surface area contributed by atoms with Crippen molar-refractivity contribution in [2.24, 2.45) is 5.41 Å². The molecule has 2 aliphatic rings. The second kappa shape index (κ2) is 5.22. The number of aryl methyl sites for hydroxylation is 1. The van der Waals surface area contributed by atoms with Crippen LogP contribution < -0.4 is 14.7 Å². The van der Waals surface area contributed by atoms with Gasteiger partial charge < -0.3 is 19.6 Å². The average molecular weight is 362 g/mol. The Labute approximate surface area is 144 Å². The summed E-state index contributed by atoms with van der Waals surface area (Å²) in [6.45, 7) is 1.91. The van der Waals surface area contributed by atoms with Crippen molar-refractivity contribution in [3.63, 3.8) is 0 Å². The van der Waals surface area contributed by atoms with Gasteiger partial charge >= 0.3 is 10.8 Å². The van der Waals surface area contributed by atoms with Crippen LogP contribution in [-0.2, 0) is 9.59 Å². The van der Waals surface area contributed by atoms with Crippen LogP contribution in [0.25, 0.3) is 0 Å². The van der Waals surface area contributed by atoms with E-state index in [-0.39, 0.29) is 10.6 Å². The monoisotopic (exact) mass is 362 g/mol. The van der Waals surface area contributed by atoms with Crippen LogP contribution in [0, 0.1) is 12.3 Å². The summed E-state index contributed by atoms with van der Waals surface area (Å²) in [7, 11) is 0. The van der Waals surface area contributed by atoms with Gasteiger partial charge in [-0.3, -0.25) is 9.59 Å². The molecule has 1 aromatic heterocycles. The van der Waals surface area contributed by atoms with Gasteiger partial charge in [-0.1, -0.05) is 29.0 Å². The number of H-pyrrole nitrogens is 1. The van der Waals surface area contributed by atoms with E-state index in [1.807, 2.05) is 19.1 Å². The molecule has 8 heteroatoms. The number of aromatic nitrogens is 1. The summed E-state index contributed by atoms with van der Waals surface area (Å²) < 4.78 is 5.46. The van der Waals surface area contributed by atoms with Crippen LogP contribution in [0.5, 0.6) is 5.75 Å². The van der Waals surface area contributed by atoms with Crippen molar-refractivity contribution in [3.05, 3.63) is 43.9 Å². The van der Waals surface area contributed by atoms with Gasteiger partial charge in [0.15, 0.2) is 0 Å². The number of rotatable bonds is 2. The third kappa shape index (κ3) is 2.13. The van der Waals surface area contributed by atoms with E-state index in [0.717, 1.165) is 22.5 Å². The van der Waals surface area contributed by atoms with Crippen molar-refractivity contribution in [1.82, 2.24) is 4.98 Å². The Kier molecular flexibility index (Phi) is 3.36. The molecule has 0 saturated carbocycles. The third-order valence-corrected chi connectivity index (χ3v) is 6.82. The Balaban J connectivity index is 2.01. The molecule has 0 saturated heterocycles. The minimum Gasteiger partial charge on any atom is -0.550 e. The maximum Gasteiger partial charge on any atom is 0.319 e. The first-order chi connectivity index (χ1) is 11.4. The first-order valence-electron chi connectivity index (χ1n) is 7.29. The minimum atomic E-state index is -1.31. The molecule has 0 radical (unpaired) electrons. The predicted molar refractivity (Wildman–Crippen MR) is 86.4 cm³/mol. The van der Waals surface area contributed by atoms with E-state index in [2.05, 4.69) is 4.98 Å². The molecule has 2 aromatic rings. The summed E-state index contributed by atoms with van der Waals surface area (Å²) >= 11 is 2.30. The summed E-state index contributed by atoms with van der Waals surface area (Å²) in [6, 6.07) is 5.43. The van der Waals surface area contributed by atoms with Crippen LogP contribution in [0.1, 0.15) is 28.3 Å². The number of hydrogen-bond acceptors (Lipinski definition) is 7. The summed E-state index contributed by atoms with van der Waals surface area (Å²) in [5, 5.41) is 12.1. The van der Waals surface area contributed by atoms with Crippen LogP contribution in [0.3, 0.4) is 0 Å². The van der Waals surface area contributed by atoms with E-state index in [1.165, 1.54) is 11.8 Å². The molecule has 0 spiro atoms. The van der Waals surface area contributed by atoms with Gasteiger partial charge in [0.25, 0.3) is 0 Å². The average Bonchev–Trinajstić information content (AvgIpc) is 2.88. The molecule has 0 fully saturated rings. The lowest BCUT2D eigenvalue weighted by molar-refractivity contribution is -0.308. The van der Waals surface area contributed by atoms with Crippen molar-refractivity contribution >= 4 is 35.0 Å². The van der Waals surface area contributed by atoms with Gasteiger partial charge in [-0.05, 0) is 13.0 Å². The van der Waals surface area contributed by atoms with Gasteiger partial charge in [-0.15, -0.1) is 11.8 Å². The van der Waals surface area contributed by atoms with Gasteiger partial charge in [-0.2, -0.15) is 0 Å². The standard InChI is InChI=1S/C16H13NO5S2/c1-7-2-3-9-8(4-7)11-12-13(17-15(21)24-12)23-6-16(11,5-10(18)19)14(20)22-9/h2-4,11H,5-6H2,1H3,(H,17,21)(H,18,19)/p-1/t11-,16-/m0/s1. The van der Waals surface area contributed by atoms with Gasteiger partial charge in [0.2, 0.25) is 0 Å². The lowest BCUT2D eigenvalue weighted by atomic mass is 9.68. The zero-order chi connectivity index (χ0) is 17.1. The minimum absolute atomic E-state index is 0.218. The highest BCUT2D eigenvalue weighted by Gasteiger charge is 2.56. The number of esters is 1. The predicted octanol–water partition coefficient (Wildman–Crippen LogP) is 1.03. The lowest BCUT2D eigenvalue weighted by Gasteiger charge is -2.44. The highest BCUT2D eigenvalue weighted by Crippen LogP contribution is 2.58. The molecule has 0 unspecified atom stereocenters. The number of benzene rings is 1. The molecule has 2 atom stereocenters. The SMILES string of the molecule is Cc1ccc2c(c1)[C@H]1c3sc(=O)[nH]c3SC[C@]1(CC(=O)[O-])C(=O)O2. The highest BCUT2D eigenvalue weighted by atomic mass is 32.2. The van der Waals surface area contributed by atoms with E-state index >= 15 is 0 Å². The van der Waals surface area contributed by atoms with Crippen molar-refractivity contribution in [2.45, 2.75) is 24.3 Å². The van der Waals surface area contributed by atoms with E-state index < -0.39 is 29.7 Å². The van der Waals surface area contributed by atoms with Crippen LogP contribution >= 0.6 is 23.1 Å². The lowest BCUT2D eigenvalue weighted by Crippen LogP contribution is -2.50. The second-order valence-electron chi connectivity index (χ2n) is 6.07. The Bertz CT molecular complexity index is 931. The third-order valence-electron chi connectivity index (χ3n) is 4.48. The molecule has 1 N–H and O–H groups in total. The Morgan fingerprint density at radius 2 is 2.25 bits per heavy atom. The summed E-state index contributed by atoms with van der Waals surface area (Å²) in [5.74, 6) is -1.76. The number of aliphatic carboxylic acids is 1. The normalized spacial score (nSPS) is 24.5. The topological polar surface area (TPSA) is 99.3 Å². The van der Waals surface area contributed by atoms with Crippen LogP contribution in [-0.4, -0.2) is 22.7 Å². The smallest absolute Gasteiger partial charge is 0.319 e. The van der Waals surface area contributed by atoms with E-state index in [4.69, 9.17) is 4.74 Å². The second-order valence-corrected chi connectivity index (χ2v) is 8.07. The number of aromatic amines is 1. The molecule has 6 nitrogen and oxygen atoms in total. The molecule has 0 bridgehead atoms. The number of ether oxygens (including phenoxy) is 1. The van der Waals surface area contributed by atoms with E-state index in [9.17, 15) is 19.5 Å². The molecule has 0 aliphatic carbocycles. The summed E-state index contributed by atoms with van der Waals surface area (Å²) in [6.07, 6.45) is -0.442. The maximum atomic E-state index is 12.7. The number of carbonyl (C=O) groups is 2. The molecule has 24 heavy (non-hydrogen) atoms. The quantitative estimate of drug-likeness (QED) is 0.633. The van der Waals surface area contributed by atoms with Crippen molar-refractivity contribution in [2.75, 3.05) is 5.75 Å². The molecular formula is C16H12NO5S2-. The number of carboxylic acid groups (broad SMARTS) is 1. The number of fused-ring (bicyclic) bond motifs is 5. The number of carbonyl (C=O) groups excluding carboxylic acids is 2. The fourth-order valence-corrected chi connectivity index (χ4v) is 5.99. The first kappa shape index (κ1) is 15.5. The van der Waals surface area contributed by atoms with Gasteiger partial charge in [0.1, 0.15) is 5.75 Å². The fraction of sp³-hybridized carbons (Fsp3) is 0.312. The van der Waals surface area contributed by atoms with Crippen LogP contribution in [0.2, 0.25) is 0 Å². The van der Waals surface area contributed by atoms with E-state index in [1.54, 1.807) is 6.07 Å². The van der Waals surface area contributed by atoms with Gasteiger partial charge in [0, 0.05) is 34.5 Å². The highest BCUT2D eigenvalue weighted by molar-refractivity contribution is 7.99. The molecule has 1 aromatic carbocycles. The zero-order valence-corrected chi connectivity index (χ0v) is 14.2. The largest absolute Gasteiger partial charge is 0.550 e. The Morgan fingerprint density at radius 3 is 3.00 bits per heavy atom. The van der Waals surface area contributed by atoms with Crippen molar-refractivity contribution < 1.29 is 19.4 Å². The number of thiazole rings is 1. The maximum absolute atomic E-state index is 12.7. The Morgan fingerprint density at radius 1 is 1.46 bits per heavy atom. The first-order valence-corrected chi connectivity index (χ1v) is 9.09. The van der Waals surface area contributed by atoms with Crippen molar-refractivity contribution in [3.8, 4) is 5.75 Å². The number of carboxylic acids is 1.